The van der Waals surface area contributed by atoms with Gasteiger partial charge in [0.05, 0.1) is 18.3 Å². The third-order valence-electron chi connectivity index (χ3n) is 2.94. The van der Waals surface area contributed by atoms with Crippen LogP contribution in [0.3, 0.4) is 0 Å². The number of nitrogen functional groups attached to an aromatic ring is 1. The molecule has 5 nitrogen and oxygen atoms in total. The second-order valence-electron chi connectivity index (χ2n) is 4.30. The van der Waals surface area contributed by atoms with Gasteiger partial charge in [0.25, 0.3) is 6.47 Å². The van der Waals surface area contributed by atoms with E-state index in [9.17, 15) is 4.79 Å². The predicted octanol–water partition coefficient (Wildman–Crippen LogP) is 2.99. The lowest BCUT2D eigenvalue weighted by molar-refractivity contribution is -0.128. The Morgan fingerprint density at radius 1 is 1.29 bits per heavy atom. The first-order valence-corrected chi connectivity index (χ1v) is 6.58. The van der Waals surface area contributed by atoms with E-state index in [0.29, 0.717) is 13.1 Å². The number of nitrogens with zero attached hydrogens (tertiary/aromatic N) is 1. The van der Waals surface area contributed by atoms with Crippen molar-refractivity contribution in [2.75, 3.05) is 12.3 Å². The molecule has 0 fully saturated rings. The first kappa shape index (κ1) is 14.6. The van der Waals surface area contributed by atoms with Gasteiger partial charge in [0.15, 0.2) is 0 Å². The molecule has 3 rings (SSSR count). The molecular formula is C16H17N3O2. The molecule has 0 atom stereocenters. The molecule has 2 heterocycles. The zero-order valence-electron chi connectivity index (χ0n) is 11.7. The van der Waals surface area contributed by atoms with Gasteiger partial charge in [0, 0.05) is 29.0 Å². The zero-order valence-corrected chi connectivity index (χ0v) is 11.7. The molecule has 0 aliphatic carbocycles. The van der Waals surface area contributed by atoms with Crippen molar-refractivity contribution in [1.29, 1.82) is 0 Å². The quantitative estimate of drug-likeness (QED) is 0.572. The lowest BCUT2D eigenvalue weighted by Gasteiger charge is -1.99. The number of nitrogens with two attached hydrogens (primary N) is 1. The summed E-state index contributed by atoms with van der Waals surface area (Å²) in [5, 5.41) is 1.18. The topological polar surface area (TPSA) is 81.0 Å². The third kappa shape index (κ3) is 3.60. The highest BCUT2D eigenvalue weighted by Gasteiger charge is 2.04. The molecule has 0 aliphatic heterocycles. The predicted molar refractivity (Wildman–Crippen MR) is 83.6 cm³/mol. The fourth-order valence-corrected chi connectivity index (χ4v) is 1.94. The van der Waals surface area contributed by atoms with Crippen LogP contribution in [0.2, 0.25) is 0 Å². The maximum atomic E-state index is 9.18. The number of carbonyl (C=O) groups is 1. The van der Waals surface area contributed by atoms with Crippen LogP contribution in [-0.4, -0.2) is 23.0 Å². The number of hydrogen-bond donors (Lipinski definition) is 2. The Kier molecular flexibility index (Phi) is 4.93. The lowest BCUT2D eigenvalue weighted by Crippen LogP contribution is -1.83. The van der Waals surface area contributed by atoms with Crippen LogP contribution in [0.1, 0.15) is 6.92 Å². The molecule has 0 unspecified atom stereocenters. The van der Waals surface area contributed by atoms with E-state index < -0.39 is 0 Å². The molecule has 0 radical (unpaired) electrons. The van der Waals surface area contributed by atoms with Gasteiger partial charge < -0.3 is 15.5 Å². The summed E-state index contributed by atoms with van der Waals surface area (Å²) in [6, 6.07) is 9.89. The minimum absolute atomic E-state index is 0.431. The van der Waals surface area contributed by atoms with E-state index >= 15 is 0 Å². The zero-order chi connectivity index (χ0) is 15.1. The molecular weight excluding hydrogens is 266 g/mol. The van der Waals surface area contributed by atoms with Crippen LogP contribution in [0.15, 0.2) is 48.9 Å². The van der Waals surface area contributed by atoms with E-state index in [1.165, 1.54) is 10.9 Å². The van der Waals surface area contributed by atoms with Gasteiger partial charge in [0.1, 0.15) is 0 Å². The molecule has 5 heteroatoms. The van der Waals surface area contributed by atoms with Gasteiger partial charge in [-0.2, -0.15) is 0 Å². The SMILES string of the molecule is CCOC=O.Nc1ccc(-c2c[nH]c3cnccc23)cc1. The van der Waals surface area contributed by atoms with Gasteiger partial charge in [-0.1, -0.05) is 12.1 Å². The lowest BCUT2D eigenvalue weighted by atomic mass is 10.1. The molecule has 0 spiro atoms. The van der Waals surface area contributed by atoms with E-state index in [1.54, 1.807) is 13.1 Å². The molecule has 108 valence electrons. The van der Waals surface area contributed by atoms with Gasteiger partial charge in [-0.15, -0.1) is 0 Å². The summed E-state index contributed by atoms with van der Waals surface area (Å²) in [5.41, 5.74) is 9.84. The van der Waals surface area contributed by atoms with E-state index in [1.807, 2.05) is 42.7 Å². The monoisotopic (exact) mass is 283 g/mol. The largest absolute Gasteiger partial charge is 0.468 e. The molecule has 0 aliphatic rings. The number of hydrogen-bond acceptors (Lipinski definition) is 4. The molecule has 3 aromatic rings. The second kappa shape index (κ2) is 7.09. The van der Waals surface area contributed by atoms with E-state index in [0.717, 1.165) is 16.8 Å². The smallest absolute Gasteiger partial charge is 0.293 e. The van der Waals surface area contributed by atoms with Gasteiger partial charge >= 0.3 is 0 Å². The Morgan fingerprint density at radius 2 is 2.05 bits per heavy atom. The third-order valence-corrected chi connectivity index (χ3v) is 2.94. The van der Waals surface area contributed by atoms with E-state index in [2.05, 4.69) is 14.7 Å². The summed E-state index contributed by atoms with van der Waals surface area (Å²) in [6.45, 7) is 2.66. The van der Waals surface area contributed by atoms with Crippen molar-refractivity contribution in [3.8, 4) is 11.1 Å². The Bertz CT molecular complexity index is 705. The fraction of sp³-hybridized carbons (Fsp3) is 0.125. The molecule has 0 amide bonds. The van der Waals surface area contributed by atoms with Crippen molar-refractivity contribution in [1.82, 2.24) is 9.97 Å². The number of benzene rings is 1. The molecule has 3 N–H and O–H groups in total. The van der Waals surface area contributed by atoms with Crippen molar-refractivity contribution < 1.29 is 9.53 Å². The Hall–Kier alpha value is -2.82. The summed E-state index contributed by atoms with van der Waals surface area (Å²) in [6.07, 6.45) is 5.63. The average Bonchev–Trinajstić information content (AvgIpc) is 2.94. The van der Waals surface area contributed by atoms with Crippen LogP contribution in [0.5, 0.6) is 0 Å². The van der Waals surface area contributed by atoms with Crippen LogP contribution in [-0.2, 0) is 9.53 Å². The first-order chi connectivity index (χ1) is 10.3. The standard InChI is InChI=1S/C13H11N3.C3H6O2/c14-10-3-1-9(2-4-10)12-7-16-13-8-15-6-5-11(12)13;1-2-5-3-4/h1-8,16H,14H2;3H,2H2,1H3. The second-order valence-corrected chi connectivity index (χ2v) is 4.30. The number of fused-ring (bicyclic) bond motifs is 1. The highest BCUT2D eigenvalue weighted by atomic mass is 16.5. The maximum Gasteiger partial charge on any atom is 0.293 e. The van der Waals surface area contributed by atoms with Crippen molar-refractivity contribution in [3.05, 3.63) is 48.9 Å². The summed E-state index contributed by atoms with van der Waals surface area (Å²) in [7, 11) is 0. The number of rotatable bonds is 3. The number of aromatic amines is 1. The molecule has 0 bridgehead atoms. The van der Waals surface area contributed by atoms with Gasteiger partial charge in [-0.25, -0.2) is 0 Å². The summed E-state index contributed by atoms with van der Waals surface area (Å²) in [5.74, 6) is 0. The summed E-state index contributed by atoms with van der Waals surface area (Å²) >= 11 is 0. The summed E-state index contributed by atoms with van der Waals surface area (Å²) in [4.78, 5) is 16.5. The Balaban J connectivity index is 0.000000282. The van der Waals surface area contributed by atoms with Gasteiger partial charge in [-0.3, -0.25) is 9.78 Å². The van der Waals surface area contributed by atoms with E-state index in [-0.39, 0.29) is 0 Å². The number of aromatic nitrogens is 2. The maximum absolute atomic E-state index is 9.18. The minimum atomic E-state index is 0.431. The van der Waals surface area contributed by atoms with Crippen molar-refractivity contribution in [2.24, 2.45) is 0 Å². The van der Waals surface area contributed by atoms with Crippen molar-refractivity contribution in [2.45, 2.75) is 6.92 Å². The number of ether oxygens (including phenoxy) is 1. The fourth-order valence-electron chi connectivity index (χ4n) is 1.94. The van der Waals surface area contributed by atoms with E-state index in [4.69, 9.17) is 5.73 Å². The van der Waals surface area contributed by atoms with Crippen molar-refractivity contribution >= 4 is 23.1 Å². The Morgan fingerprint density at radius 3 is 2.67 bits per heavy atom. The number of pyridine rings is 1. The molecule has 21 heavy (non-hydrogen) atoms. The van der Waals surface area contributed by atoms with Gasteiger partial charge in [0.2, 0.25) is 0 Å². The van der Waals surface area contributed by atoms with Crippen LogP contribution in [0, 0.1) is 0 Å². The molecule has 1 aromatic carbocycles. The molecule has 2 aromatic heterocycles. The molecule has 0 saturated carbocycles. The summed E-state index contributed by atoms with van der Waals surface area (Å²) < 4.78 is 4.15. The van der Waals surface area contributed by atoms with Crippen LogP contribution in [0.25, 0.3) is 22.0 Å². The highest BCUT2D eigenvalue weighted by Crippen LogP contribution is 2.28. The Labute approximate surface area is 122 Å². The molecule has 0 saturated heterocycles. The highest BCUT2D eigenvalue weighted by molar-refractivity contribution is 5.95. The van der Waals surface area contributed by atoms with Crippen LogP contribution < -0.4 is 5.73 Å². The number of carbonyl (C=O) groups excluding carboxylic acids is 1. The van der Waals surface area contributed by atoms with Crippen LogP contribution >= 0.6 is 0 Å². The number of nitrogens with one attached hydrogen (secondary N) is 1. The normalized spacial score (nSPS) is 9.76. The minimum Gasteiger partial charge on any atom is -0.468 e. The van der Waals surface area contributed by atoms with Crippen LogP contribution in [0.4, 0.5) is 5.69 Å². The average molecular weight is 283 g/mol. The number of anilines is 1. The van der Waals surface area contributed by atoms with Crippen molar-refractivity contribution in [3.63, 3.8) is 0 Å². The number of H-pyrrole nitrogens is 1. The first-order valence-electron chi connectivity index (χ1n) is 6.58. The van der Waals surface area contributed by atoms with Gasteiger partial charge in [-0.05, 0) is 30.7 Å².